The summed E-state index contributed by atoms with van der Waals surface area (Å²) in [7, 11) is -2.59. The summed E-state index contributed by atoms with van der Waals surface area (Å²) in [5.74, 6) is 4.98. The van der Waals surface area contributed by atoms with Crippen LogP contribution in [0.2, 0.25) is 0 Å². The van der Waals surface area contributed by atoms with Gasteiger partial charge in [0.25, 0.3) is 10.0 Å². The molecule has 1 aromatic heterocycles. The molecule has 4 rings (SSSR count). The third kappa shape index (κ3) is 4.56. The number of aromatic carboxylic acids is 1. The maximum atomic E-state index is 13.4. The zero-order valence-corrected chi connectivity index (χ0v) is 19.2. The number of rotatable bonds is 5. The summed E-state index contributed by atoms with van der Waals surface area (Å²) in [6.07, 6.45) is 1.56. The number of carboxylic acids is 1. The number of methoxy groups -OCH3 is 1. The Morgan fingerprint density at radius 3 is 2.59 bits per heavy atom. The Balaban J connectivity index is 1.72. The average Bonchev–Trinajstić information content (AvgIpc) is 2.82. The lowest BCUT2D eigenvalue weighted by Crippen LogP contribution is -2.16. The molecule has 8 heteroatoms. The zero-order chi connectivity index (χ0) is 24.3. The lowest BCUT2D eigenvalue weighted by atomic mass is 10.1. The molecular formula is C26H20N2O5S. The van der Waals surface area contributed by atoms with Crippen LogP contribution < -0.4 is 9.46 Å². The van der Waals surface area contributed by atoms with Crippen molar-refractivity contribution >= 4 is 32.6 Å². The lowest BCUT2D eigenvalue weighted by Gasteiger charge is -2.13. The van der Waals surface area contributed by atoms with Crippen LogP contribution in [0.1, 0.15) is 27.0 Å². The molecule has 4 aromatic rings. The summed E-state index contributed by atoms with van der Waals surface area (Å²) >= 11 is 0. The van der Waals surface area contributed by atoms with Gasteiger partial charge in [0.05, 0.1) is 18.3 Å². The highest BCUT2D eigenvalue weighted by atomic mass is 32.2. The first-order chi connectivity index (χ1) is 16.3. The molecule has 0 amide bonds. The van der Waals surface area contributed by atoms with E-state index in [1.165, 1.54) is 19.2 Å². The van der Waals surface area contributed by atoms with Gasteiger partial charge in [-0.15, -0.1) is 0 Å². The average molecular weight is 473 g/mol. The minimum Gasteiger partial charge on any atom is -0.496 e. The van der Waals surface area contributed by atoms with Crippen LogP contribution >= 0.6 is 0 Å². The fourth-order valence-corrected chi connectivity index (χ4v) is 5.01. The molecule has 0 spiro atoms. The van der Waals surface area contributed by atoms with E-state index in [2.05, 4.69) is 21.5 Å². The molecule has 1 heterocycles. The van der Waals surface area contributed by atoms with Gasteiger partial charge in [-0.1, -0.05) is 42.2 Å². The first-order valence-corrected chi connectivity index (χ1v) is 11.7. The maximum Gasteiger partial charge on any atom is 0.339 e. The van der Waals surface area contributed by atoms with Gasteiger partial charge in [0, 0.05) is 22.7 Å². The number of pyridine rings is 1. The molecule has 0 aliphatic heterocycles. The molecule has 0 aliphatic rings. The number of carboxylic acid groups (broad SMARTS) is 1. The van der Waals surface area contributed by atoms with E-state index in [4.69, 9.17) is 4.74 Å². The van der Waals surface area contributed by atoms with Gasteiger partial charge in [0.2, 0.25) is 0 Å². The Morgan fingerprint density at radius 1 is 1.03 bits per heavy atom. The van der Waals surface area contributed by atoms with Crippen molar-refractivity contribution in [1.82, 2.24) is 4.98 Å². The number of benzene rings is 3. The van der Waals surface area contributed by atoms with Gasteiger partial charge >= 0.3 is 5.97 Å². The van der Waals surface area contributed by atoms with Crippen LogP contribution in [0.4, 0.5) is 5.69 Å². The quantitative estimate of drug-likeness (QED) is 0.416. The summed E-state index contributed by atoms with van der Waals surface area (Å²) in [6, 6.07) is 18.4. The van der Waals surface area contributed by atoms with Crippen molar-refractivity contribution in [3.05, 3.63) is 95.2 Å². The van der Waals surface area contributed by atoms with E-state index < -0.39 is 16.0 Å². The number of anilines is 1. The minimum atomic E-state index is -3.97. The number of hydrogen-bond acceptors (Lipinski definition) is 5. The molecule has 0 radical (unpaired) electrons. The number of sulfonamides is 1. The normalized spacial score (nSPS) is 10.9. The summed E-state index contributed by atoms with van der Waals surface area (Å²) < 4.78 is 34.5. The molecule has 3 aromatic carbocycles. The van der Waals surface area contributed by atoms with E-state index in [-0.39, 0.29) is 16.2 Å². The highest BCUT2D eigenvalue weighted by Gasteiger charge is 2.22. The van der Waals surface area contributed by atoms with Crippen LogP contribution in [0.5, 0.6) is 5.75 Å². The minimum absolute atomic E-state index is 0.0280. The molecular weight excluding hydrogens is 452 g/mol. The number of aromatic nitrogens is 1. The molecule has 0 bridgehead atoms. The van der Waals surface area contributed by atoms with Gasteiger partial charge in [-0.3, -0.25) is 9.71 Å². The number of para-hydroxylation sites is 1. The SMILES string of the molecule is COc1cc(C#Cc2ccccc2NS(=O)(=O)c2c(C)ccc3cccnc23)ccc1C(=O)O. The second kappa shape index (κ2) is 9.25. The van der Waals surface area contributed by atoms with Crippen LogP contribution in [0.3, 0.4) is 0 Å². The van der Waals surface area contributed by atoms with E-state index >= 15 is 0 Å². The summed E-state index contributed by atoms with van der Waals surface area (Å²) in [6.45, 7) is 1.72. The first kappa shape index (κ1) is 22.8. The topological polar surface area (TPSA) is 106 Å². The van der Waals surface area contributed by atoms with Crippen LogP contribution in [-0.2, 0) is 10.0 Å². The smallest absolute Gasteiger partial charge is 0.339 e. The standard InChI is InChI=1S/C26H20N2O5S/c1-17-9-12-20-7-5-15-27-24(20)25(17)34(31,32)28-22-8-4-3-6-19(22)13-10-18-11-14-21(26(29)30)23(16-18)33-2/h3-9,11-12,14-16,28H,1-2H3,(H,29,30). The van der Waals surface area contributed by atoms with Crippen molar-refractivity contribution in [3.8, 4) is 17.6 Å². The monoisotopic (exact) mass is 472 g/mol. The van der Waals surface area contributed by atoms with Crippen molar-refractivity contribution in [2.45, 2.75) is 11.8 Å². The van der Waals surface area contributed by atoms with Gasteiger partial charge in [0.1, 0.15) is 16.2 Å². The molecule has 0 saturated heterocycles. The molecule has 170 valence electrons. The molecule has 0 fully saturated rings. The lowest BCUT2D eigenvalue weighted by molar-refractivity contribution is 0.0693. The second-order valence-corrected chi connectivity index (χ2v) is 9.03. The predicted octanol–water partition coefficient (Wildman–Crippen LogP) is 4.45. The summed E-state index contributed by atoms with van der Waals surface area (Å²) in [4.78, 5) is 15.7. The number of nitrogens with one attached hydrogen (secondary N) is 1. The number of hydrogen-bond donors (Lipinski definition) is 2. The van der Waals surface area contributed by atoms with E-state index in [1.807, 2.05) is 12.1 Å². The summed E-state index contributed by atoms with van der Waals surface area (Å²) in [5, 5.41) is 9.96. The highest BCUT2D eigenvalue weighted by Crippen LogP contribution is 2.28. The van der Waals surface area contributed by atoms with E-state index in [0.29, 0.717) is 27.9 Å². The van der Waals surface area contributed by atoms with Gasteiger partial charge in [-0.05, 0) is 48.9 Å². The molecule has 7 nitrogen and oxygen atoms in total. The maximum absolute atomic E-state index is 13.4. The Labute approximate surface area is 197 Å². The number of aryl methyl sites for hydroxylation is 1. The fraction of sp³-hybridized carbons (Fsp3) is 0.0769. The molecule has 0 saturated carbocycles. The molecule has 0 atom stereocenters. The van der Waals surface area contributed by atoms with E-state index in [1.54, 1.807) is 55.6 Å². The number of fused-ring (bicyclic) bond motifs is 1. The summed E-state index contributed by atoms with van der Waals surface area (Å²) in [5.41, 5.74) is 2.29. The highest BCUT2D eigenvalue weighted by molar-refractivity contribution is 7.93. The van der Waals surface area contributed by atoms with Gasteiger partial charge in [-0.2, -0.15) is 0 Å². The van der Waals surface area contributed by atoms with Crippen LogP contribution in [0.25, 0.3) is 10.9 Å². The van der Waals surface area contributed by atoms with Crippen molar-refractivity contribution in [2.75, 3.05) is 11.8 Å². The Hall–Kier alpha value is -4.35. The Kier molecular flexibility index (Phi) is 6.21. The Morgan fingerprint density at radius 2 is 1.82 bits per heavy atom. The predicted molar refractivity (Wildman–Crippen MR) is 130 cm³/mol. The van der Waals surface area contributed by atoms with Gasteiger partial charge in [-0.25, -0.2) is 13.2 Å². The van der Waals surface area contributed by atoms with Crippen molar-refractivity contribution in [2.24, 2.45) is 0 Å². The van der Waals surface area contributed by atoms with E-state index in [9.17, 15) is 18.3 Å². The fourth-order valence-electron chi connectivity index (χ4n) is 3.52. The molecule has 0 unspecified atom stereocenters. The largest absolute Gasteiger partial charge is 0.496 e. The van der Waals surface area contributed by atoms with Crippen molar-refractivity contribution in [1.29, 1.82) is 0 Å². The van der Waals surface area contributed by atoms with E-state index in [0.717, 1.165) is 5.39 Å². The van der Waals surface area contributed by atoms with Crippen molar-refractivity contribution < 1.29 is 23.1 Å². The Bertz CT molecular complexity index is 1580. The third-order valence-corrected chi connectivity index (χ3v) is 6.68. The first-order valence-electron chi connectivity index (χ1n) is 10.2. The van der Waals surface area contributed by atoms with Gasteiger partial charge in [0.15, 0.2) is 0 Å². The molecule has 0 aliphatic carbocycles. The third-order valence-electron chi connectivity index (χ3n) is 5.14. The number of carbonyl (C=O) groups is 1. The number of nitrogens with zero attached hydrogens (tertiary/aromatic N) is 1. The number of ether oxygens (including phenoxy) is 1. The molecule has 2 N–H and O–H groups in total. The molecule has 34 heavy (non-hydrogen) atoms. The zero-order valence-electron chi connectivity index (χ0n) is 18.4. The second-order valence-electron chi connectivity index (χ2n) is 7.41. The van der Waals surface area contributed by atoms with Gasteiger partial charge < -0.3 is 9.84 Å². The van der Waals surface area contributed by atoms with Crippen LogP contribution in [0.15, 0.2) is 77.8 Å². The van der Waals surface area contributed by atoms with Crippen molar-refractivity contribution in [3.63, 3.8) is 0 Å². The van der Waals surface area contributed by atoms with Crippen LogP contribution in [-0.4, -0.2) is 31.6 Å². The van der Waals surface area contributed by atoms with Crippen LogP contribution in [0, 0.1) is 18.8 Å².